The molecule has 1 aromatic rings. The number of carbonyl (C=O) groups excluding carboxylic acids is 1. The van der Waals surface area contributed by atoms with Crippen LogP contribution in [-0.2, 0) is 4.74 Å². The standard InChI is InChI=1S/C16H22FN3O4/c1-11-10-18(7-8-19(11)15(21)24-16(2,3)4)12-5-6-14(20(22)23)13(17)9-12/h5-6,9,11H,7-8,10H2,1-4H3. The third-order valence-corrected chi connectivity index (χ3v) is 3.75. The summed E-state index contributed by atoms with van der Waals surface area (Å²) in [5.41, 5.74) is -0.539. The molecule has 1 saturated heterocycles. The second-order valence-corrected chi connectivity index (χ2v) is 6.86. The molecule has 0 radical (unpaired) electrons. The van der Waals surface area contributed by atoms with E-state index in [1.807, 2.05) is 32.6 Å². The SMILES string of the molecule is CC1CN(c2ccc([N+](=O)[O-])c(F)c2)CCN1C(=O)OC(C)(C)C. The number of hydrogen-bond acceptors (Lipinski definition) is 5. The van der Waals surface area contributed by atoms with Crippen LogP contribution in [0.4, 0.5) is 20.6 Å². The minimum absolute atomic E-state index is 0.119. The molecule has 0 aliphatic carbocycles. The smallest absolute Gasteiger partial charge is 0.410 e. The molecule has 0 N–H and O–H groups in total. The van der Waals surface area contributed by atoms with Gasteiger partial charge >= 0.3 is 11.8 Å². The van der Waals surface area contributed by atoms with Gasteiger partial charge in [0.2, 0.25) is 5.82 Å². The van der Waals surface area contributed by atoms with Gasteiger partial charge in [0.05, 0.1) is 4.92 Å². The van der Waals surface area contributed by atoms with Crippen molar-refractivity contribution in [2.24, 2.45) is 0 Å². The summed E-state index contributed by atoms with van der Waals surface area (Å²) in [6, 6.07) is 3.73. The van der Waals surface area contributed by atoms with E-state index < -0.39 is 22.0 Å². The van der Waals surface area contributed by atoms with E-state index in [9.17, 15) is 19.3 Å². The van der Waals surface area contributed by atoms with Gasteiger partial charge in [-0.3, -0.25) is 10.1 Å². The highest BCUT2D eigenvalue weighted by Crippen LogP contribution is 2.26. The molecule has 1 aliphatic rings. The third-order valence-electron chi connectivity index (χ3n) is 3.75. The van der Waals surface area contributed by atoms with Crippen molar-refractivity contribution in [3.63, 3.8) is 0 Å². The van der Waals surface area contributed by atoms with Crippen molar-refractivity contribution in [2.45, 2.75) is 39.3 Å². The van der Waals surface area contributed by atoms with Crippen LogP contribution in [0.5, 0.6) is 0 Å². The Hall–Kier alpha value is -2.38. The first-order valence-electron chi connectivity index (χ1n) is 7.77. The third kappa shape index (κ3) is 4.12. The van der Waals surface area contributed by atoms with Crippen LogP contribution < -0.4 is 4.90 Å². The number of ether oxygens (including phenoxy) is 1. The first kappa shape index (κ1) is 18.0. The summed E-state index contributed by atoms with van der Waals surface area (Å²) >= 11 is 0. The van der Waals surface area contributed by atoms with Gasteiger partial charge in [0.25, 0.3) is 0 Å². The molecule has 132 valence electrons. The molecule has 1 unspecified atom stereocenters. The number of anilines is 1. The van der Waals surface area contributed by atoms with Crippen molar-refractivity contribution in [3.05, 3.63) is 34.1 Å². The fourth-order valence-corrected chi connectivity index (χ4v) is 2.62. The Kier molecular flexibility index (Phi) is 4.96. The minimum Gasteiger partial charge on any atom is -0.444 e. The number of piperazine rings is 1. The van der Waals surface area contributed by atoms with Crippen molar-refractivity contribution in [1.82, 2.24) is 4.90 Å². The van der Waals surface area contributed by atoms with Crippen LogP contribution >= 0.6 is 0 Å². The van der Waals surface area contributed by atoms with Crippen molar-refractivity contribution < 1.29 is 18.8 Å². The van der Waals surface area contributed by atoms with E-state index in [4.69, 9.17) is 4.74 Å². The molecular weight excluding hydrogens is 317 g/mol. The maximum Gasteiger partial charge on any atom is 0.410 e. The van der Waals surface area contributed by atoms with E-state index >= 15 is 0 Å². The predicted octanol–water partition coefficient (Wildman–Crippen LogP) is 3.18. The molecule has 7 nitrogen and oxygen atoms in total. The maximum atomic E-state index is 13.8. The van der Waals surface area contributed by atoms with Gasteiger partial charge in [-0.15, -0.1) is 0 Å². The Balaban J connectivity index is 2.07. The molecular formula is C16H22FN3O4. The number of benzene rings is 1. The fourth-order valence-electron chi connectivity index (χ4n) is 2.62. The maximum absolute atomic E-state index is 13.8. The van der Waals surface area contributed by atoms with Gasteiger partial charge in [-0.25, -0.2) is 4.79 Å². The van der Waals surface area contributed by atoms with E-state index in [1.54, 1.807) is 4.90 Å². The Morgan fingerprint density at radius 3 is 2.54 bits per heavy atom. The average molecular weight is 339 g/mol. The van der Waals surface area contributed by atoms with Gasteiger partial charge in [-0.05, 0) is 33.8 Å². The highest BCUT2D eigenvalue weighted by molar-refractivity contribution is 5.69. The highest BCUT2D eigenvalue weighted by Gasteiger charge is 2.31. The fraction of sp³-hybridized carbons (Fsp3) is 0.562. The summed E-state index contributed by atoms with van der Waals surface area (Å²) in [7, 11) is 0. The van der Waals surface area contributed by atoms with Crippen LogP contribution in [0.25, 0.3) is 0 Å². The topological polar surface area (TPSA) is 75.9 Å². The van der Waals surface area contributed by atoms with Gasteiger partial charge in [-0.2, -0.15) is 4.39 Å². The Morgan fingerprint density at radius 1 is 1.38 bits per heavy atom. The van der Waals surface area contributed by atoms with Gasteiger partial charge < -0.3 is 14.5 Å². The lowest BCUT2D eigenvalue weighted by molar-refractivity contribution is -0.387. The van der Waals surface area contributed by atoms with Gasteiger partial charge in [0, 0.05) is 43.5 Å². The zero-order valence-electron chi connectivity index (χ0n) is 14.3. The quantitative estimate of drug-likeness (QED) is 0.611. The second-order valence-electron chi connectivity index (χ2n) is 6.86. The summed E-state index contributed by atoms with van der Waals surface area (Å²) in [5.74, 6) is -0.861. The first-order valence-corrected chi connectivity index (χ1v) is 7.77. The zero-order valence-corrected chi connectivity index (χ0v) is 14.3. The van der Waals surface area contributed by atoms with Crippen LogP contribution in [0.15, 0.2) is 18.2 Å². The number of nitrogens with zero attached hydrogens (tertiary/aromatic N) is 3. The van der Waals surface area contributed by atoms with Crippen molar-refractivity contribution >= 4 is 17.5 Å². The number of hydrogen-bond donors (Lipinski definition) is 0. The summed E-state index contributed by atoms with van der Waals surface area (Å²) < 4.78 is 19.2. The van der Waals surface area contributed by atoms with Gasteiger partial charge in [0.15, 0.2) is 0 Å². The second kappa shape index (κ2) is 6.62. The number of nitro groups is 1. The molecule has 0 saturated carbocycles. The molecule has 2 rings (SSSR count). The summed E-state index contributed by atoms with van der Waals surface area (Å²) in [6.07, 6.45) is -0.371. The van der Waals surface area contributed by atoms with Crippen LogP contribution in [0.1, 0.15) is 27.7 Å². The van der Waals surface area contributed by atoms with Crippen LogP contribution in [0.2, 0.25) is 0 Å². The van der Waals surface area contributed by atoms with E-state index in [0.717, 1.165) is 12.1 Å². The summed E-state index contributed by atoms with van der Waals surface area (Å²) in [4.78, 5) is 25.7. The van der Waals surface area contributed by atoms with E-state index in [-0.39, 0.29) is 12.1 Å². The molecule has 0 aromatic heterocycles. The van der Waals surface area contributed by atoms with Crippen molar-refractivity contribution in [2.75, 3.05) is 24.5 Å². The Morgan fingerprint density at radius 2 is 2.04 bits per heavy atom. The molecule has 1 amide bonds. The lowest BCUT2D eigenvalue weighted by Gasteiger charge is -2.41. The summed E-state index contributed by atoms with van der Waals surface area (Å²) in [5, 5.41) is 10.7. The summed E-state index contributed by atoms with van der Waals surface area (Å²) in [6.45, 7) is 8.76. The molecule has 1 atom stereocenters. The first-order chi connectivity index (χ1) is 11.1. The van der Waals surface area contributed by atoms with E-state index in [1.165, 1.54) is 6.07 Å². The molecule has 1 fully saturated rings. The average Bonchev–Trinajstić information content (AvgIpc) is 2.44. The van der Waals surface area contributed by atoms with Crippen molar-refractivity contribution in [1.29, 1.82) is 0 Å². The number of carbonyl (C=O) groups is 1. The molecule has 1 aromatic carbocycles. The predicted molar refractivity (Wildman–Crippen MR) is 87.7 cm³/mol. The molecule has 0 spiro atoms. The molecule has 1 heterocycles. The number of amides is 1. The van der Waals surface area contributed by atoms with Gasteiger partial charge in [-0.1, -0.05) is 0 Å². The molecule has 0 bridgehead atoms. The molecule has 24 heavy (non-hydrogen) atoms. The van der Waals surface area contributed by atoms with Gasteiger partial charge in [0.1, 0.15) is 5.60 Å². The number of halogens is 1. The zero-order chi connectivity index (χ0) is 18.1. The largest absolute Gasteiger partial charge is 0.444 e. The lowest BCUT2D eigenvalue weighted by Crippen LogP contribution is -2.55. The molecule has 1 aliphatic heterocycles. The van der Waals surface area contributed by atoms with Crippen LogP contribution in [0, 0.1) is 15.9 Å². The normalized spacial score (nSPS) is 18.5. The van der Waals surface area contributed by atoms with E-state index in [2.05, 4.69) is 0 Å². The molecule has 8 heteroatoms. The minimum atomic E-state index is -0.861. The van der Waals surface area contributed by atoms with E-state index in [0.29, 0.717) is 25.3 Å². The Labute approximate surface area is 140 Å². The highest BCUT2D eigenvalue weighted by atomic mass is 19.1. The lowest BCUT2D eigenvalue weighted by atomic mass is 10.1. The monoisotopic (exact) mass is 339 g/mol. The van der Waals surface area contributed by atoms with Crippen molar-refractivity contribution in [3.8, 4) is 0 Å². The number of rotatable bonds is 2. The van der Waals surface area contributed by atoms with Crippen LogP contribution in [-0.4, -0.2) is 47.2 Å². The Bertz CT molecular complexity index is 645. The number of nitro benzene ring substituents is 1. The van der Waals surface area contributed by atoms with Crippen LogP contribution in [0.3, 0.4) is 0 Å².